The van der Waals surface area contributed by atoms with Gasteiger partial charge < -0.3 is 0 Å². The van der Waals surface area contributed by atoms with E-state index in [9.17, 15) is 0 Å². The number of nitrogens with zero attached hydrogens (tertiary/aromatic N) is 2. The highest BCUT2D eigenvalue weighted by molar-refractivity contribution is 6.06. The summed E-state index contributed by atoms with van der Waals surface area (Å²) in [6.07, 6.45) is 0. The van der Waals surface area contributed by atoms with E-state index in [1.165, 1.54) is 49.5 Å². The summed E-state index contributed by atoms with van der Waals surface area (Å²) in [6, 6.07) is 65.3. The maximum Gasteiger partial charge on any atom is 0.160 e. The molecule has 0 amide bonds. The van der Waals surface area contributed by atoms with Gasteiger partial charge in [-0.25, -0.2) is 9.97 Å². The summed E-state index contributed by atoms with van der Waals surface area (Å²) in [5.41, 5.74) is 15.1. The fraction of sp³-hybridized carbons (Fsp3) is 0.0588. The number of hydrogen-bond donors (Lipinski definition) is 0. The van der Waals surface area contributed by atoms with Gasteiger partial charge in [0.15, 0.2) is 5.82 Å². The Morgan fingerprint density at radius 2 is 0.925 bits per heavy atom. The van der Waals surface area contributed by atoms with E-state index in [-0.39, 0.29) is 5.41 Å². The molecule has 9 aromatic rings. The lowest BCUT2D eigenvalue weighted by atomic mass is 9.80. The third-order valence-electron chi connectivity index (χ3n) is 11.1. The largest absolute Gasteiger partial charge is 0.228 e. The van der Waals surface area contributed by atoms with E-state index in [1.54, 1.807) is 0 Å². The molecule has 0 aliphatic heterocycles. The van der Waals surface area contributed by atoms with Crippen molar-refractivity contribution >= 4 is 21.5 Å². The van der Waals surface area contributed by atoms with Crippen LogP contribution in [0.1, 0.15) is 25.0 Å². The molecule has 0 N–H and O–H groups in total. The summed E-state index contributed by atoms with van der Waals surface area (Å²) in [4.78, 5) is 10.5. The minimum absolute atomic E-state index is 0.0870. The van der Waals surface area contributed by atoms with Crippen LogP contribution in [-0.2, 0) is 5.41 Å². The monoisotopic (exact) mass is 676 g/mol. The molecule has 250 valence electrons. The van der Waals surface area contributed by atoms with Crippen molar-refractivity contribution in [3.8, 4) is 67.3 Å². The van der Waals surface area contributed by atoms with E-state index >= 15 is 0 Å². The first kappa shape index (κ1) is 31.1. The van der Waals surface area contributed by atoms with Gasteiger partial charge in [-0.3, -0.25) is 0 Å². The lowest BCUT2D eigenvalue weighted by Gasteiger charge is -2.23. The maximum atomic E-state index is 5.26. The lowest BCUT2D eigenvalue weighted by molar-refractivity contribution is 0.666. The summed E-state index contributed by atoms with van der Waals surface area (Å²) in [5, 5.41) is 5.00. The first-order chi connectivity index (χ1) is 26.0. The number of aromatic nitrogens is 2. The van der Waals surface area contributed by atoms with Crippen LogP contribution in [0.15, 0.2) is 182 Å². The van der Waals surface area contributed by atoms with Gasteiger partial charge >= 0.3 is 0 Å². The summed E-state index contributed by atoms with van der Waals surface area (Å²) < 4.78 is 0. The topological polar surface area (TPSA) is 25.8 Å². The molecule has 0 fully saturated rings. The Balaban J connectivity index is 1.15. The highest BCUT2D eigenvalue weighted by atomic mass is 14.9. The van der Waals surface area contributed by atoms with E-state index < -0.39 is 0 Å². The first-order valence-corrected chi connectivity index (χ1v) is 18.3. The van der Waals surface area contributed by atoms with Crippen LogP contribution in [0.4, 0.5) is 0 Å². The highest BCUT2D eigenvalue weighted by Gasteiger charge is 2.37. The predicted molar refractivity (Wildman–Crippen MR) is 222 cm³/mol. The predicted octanol–water partition coefficient (Wildman–Crippen LogP) is 13.4. The van der Waals surface area contributed by atoms with Gasteiger partial charge in [0.1, 0.15) is 0 Å². The Bertz CT molecular complexity index is 2850. The second-order valence-corrected chi connectivity index (χ2v) is 14.5. The Hall–Kier alpha value is -6.64. The summed E-state index contributed by atoms with van der Waals surface area (Å²) >= 11 is 0. The number of benzene rings is 8. The molecule has 2 nitrogen and oxygen atoms in total. The molecule has 0 radical (unpaired) electrons. The van der Waals surface area contributed by atoms with Gasteiger partial charge in [-0.1, -0.05) is 184 Å². The van der Waals surface area contributed by atoms with Crippen LogP contribution < -0.4 is 0 Å². The van der Waals surface area contributed by atoms with Crippen molar-refractivity contribution in [1.82, 2.24) is 9.97 Å². The molecule has 0 bridgehead atoms. The quantitative estimate of drug-likeness (QED) is 0.181. The molecule has 0 atom stereocenters. The van der Waals surface area contributed by atoms with Crippen LogP contribution in [0.5, 0.6) is 0 Å². The van der Waals surface area contributed by atoms with Crippen LogP contribution in [-0.4, -0.2) is 9.97 Å². The third-order valence-corrected chi connectivity index (χ3v) is 11.1. The van der Waals surface area contributed by atoms with Crippen LogP contribution in [0.2, 0.25) is 0 Å². The summed E-state index contributed by atoms with van der Waals surface area (Å²) in [7, 11) is 0. The molecular weight excluding hydrogens is 641 g/mol. The molecule has 0 spiro atoms. The molecule has 53 heavy (non-hydrogen) atoms. The minimum Gasteiger partial charge on any atom is -0.228 e. The Kier molecular flexibility index (Phi) is 7.19. The van der Waals surface area contributed by atoms with Crippen molar-refractivity contribution in [2.75, 3.05) is 0 Å². The van der Waals surface area contributed by atoms with Gasteiger partial charge in [-0.05, 0) is 78.2 Å². The van der Waals surface area contributed by atoms with Gasteiger partial charge in [-0.15, -0.1) is 0 Å². The zero-order valence-corrected chi connectivity index (χ0v) is 29.7. The standard InChI is InChI=1S/C51H36N2/c1-51(2)46-30-26-36(31-45(46)44-27-25-34-17-9-10-21-39(34)49(44)51)38-28-29-43(41-23-13-12-22-40(38)41)48-32-47(52-50(53-48)35-18-7-4-8-19-35)42-24-14-11-20-37(42)33-15-5-3-6-16-33/h3-32H,1-2H3. The smallest absolute Gasteiger partial charge is 0.160 e. The van der Waals surface area contributed by atoms with Gasteiger partial charge in [0.25, 0.3) is 0 Å². The molecule has 1 aromatic heterocycles. The van der Waals surface area contributed by atoms with Crippen molar-refractivity contribution < 1.29 is 0 Å². The molecular formula is C51H36N2. The van der Waals surface area contributed by atoms with Crippen LogP contribution in [0.3, 0.4) is 0 Å². The number of hydrogen-bond acceptors (Lipinski definition) is 2. The molecule has 0 unspecified atom stereocenters. The van der Waals surface area contributed by atoms with Crippen LogP contribution in [0.25, 0.3) is 88.8 Å². The van der Waals surface area contributed by atoms with Crippen molar-refractivity contribution in [3.63, 3.8) is 0 Å². The van der Waals surface area contributed by atoms with Crippen LogP contribution in [0, 0.1) is 0 Å². The van der Waals surface area contributed by atoms with Gasteiger partial charge in [0.05, 0.1) is 11.4 Å². The fourth-order valence-electron chi connectivity index (χ4n) is 8.57. The SMILES string of the molecule is CC1(C)c2ccc(-c3ccc(-c4cc(-c5ccccc5-c5ccccc5)nc(-c5ccccc5)n4)c4ccccc34)cc2-c2ccc3ccccc3c21. The van der Waals surface area contributed by atoms with Gasteiger partial charge in [0, 0.05) is 22.1 Å². The maximum absolute atomic E-state index is 5.26. The summed E-state index contributed by atoms with van der Waals surface area (Å²) in [5.74, 6) is 0.710. The Labute approximate surface area is 310 Å². The zero-order chi connectivity index (χ0) is 35.5. The summed E-state index contributed by atoms with van der Waals surface area (Å²) in [6.45, 7) is 4.73. The van der Waals surface area contributed by atoms with Crippen LogP contribution >= 0.6 is 0 Å². The molecule has 0 saturated carbocycles. The van der Waals surface area contributed by atoms with Crippen molar-refractivity contribution in [2.24, 2.45) is 0 Å². The highest BCUT2D eigenvalue weighted by Crippen LogP contribution is 2.52. The molecule has 2 heteroatoms. The Morgan fingerprint density at radius 1 is 0.358 bits per heavy atom. The van der Waals surface area contributed by atoms with Crippen molar-refractivity contribution in [2.45, 2.75) is 19.3 Å². The average molecular weight is 677 g/mol. The number of fused-ring (bicyclic) bond motifs is 6. The van der Waals surface area contributed by atoms with Gasteiger partial charge in [-0.2, -0.15) is 0 Å². The molecule has 8 aromatic carbocycles. The van der Waals surface area contributed by atoms with Crippen molar-refractivity contribution in [3.05, 3.63) is 193 Å². The van der Waals surface area contributed by atoms with E-state index in [0.29, 0.717) is 5.82 Å². The molecule has 1 aliphatic rings. The van der Waals surface area contributed by atoms with Crippen molar-refractivity contribution in [1.29, 1.82) is 0 Å². The molecule has 0 saturated heterocycles. The first-order valence-electron chi connectivity index (χ1n) is 18.3. The van der Waals surface area contributed by atoms with E-state index in [2.05, 4.69) is 178 Å². The second-order valence-electron chi connectivity index (χ2n) is 14.5. The molecule has 1 heterocycles. The van der Waals surface area contributed by atoms with E-state index in [4.69, 9.17) is 9.97 Å². The molecule has 10 rings (SSSR count). The minimum atomic E-state index is -0.0870. The van der Waals surface area contributed by atoms with Gasteiger partial charge in [0.2, 0.25) is 0 Å². The van der Waals surface area contributed by atoms with E-state index in [1.807, 2.05) is 18.2 Å². The lowest BCUT2D eigenvalue weighted by Crippen LogP contribution is -2.15. The zero-order valence-electron chi connectivity index (χ0n) is 29.7. The Morgan fingerprint density at radius 3 is 1.68 bits per heavy atom. The molecule has 1 aliphatic carbocycles. The second kappa shape index (κ2) is 12.3. The number of rotatable bonds is 5. The fourth-order valence-corrected chi connectivity index (χ4v) is 8.57. The third kappa shape index (κ3) is 5.10. The van der Waals surface area contributed by atoms with E-state index in [0.717, 1.165) is 44.6 Å². The normalized spacial score (nSPS) is 12.9. The average Bonchev–Trinajstić information content (AvgIpc) is 3.46.